The summed E-state index contributed by atoms with van der Waals surface area (Å²) in [5.41, 5.74) is 1.14. The van der Waals surface area contributed by atoms with E-state index in [0.717, 1.165) is 0 Å². The third kappa shape index (κ3) is 6.62. The third-order valence-corrected chi connectivity index (χ3v) is 8.05. The third-order valence-electron chi connectivity index (χ3n) is 6.03. The van der Waals surface area contributed by atoms with Gasteiger partial charge in [0, 0.05) is 43.0 Å². The fourth-order valence-corrected chi connectivity index (χ4v) is 5.70. The number of likely N-dealkylation sites (N-methyl/N-ethyl adjacent to an activating group) is 1. The predicted octanol–water partition coefficient (Wildman–Crippen LogP) is 1.28. The van der Waals surface area contributed by atoms with E-state index in [1.165, 1.54) is 23.4 Å². The lowest BCUT2D eigenvalue weighted by molar-refractivity contribution is -0.130. The molecule has 0 radical (unpaired) electrons. The maximum atomic E-state index is 13.5. The molecule has 0 aliphatic carbocycles. The van der Waals surface area contributed by atoms with Gasteiger partial charge < -0.3 is 19.8 Å². The summed E-state index contributed by atoms with van der Waals surface area (Å²) in [6.45, 7) is 5.03. The van der Waals surface area contributed by atoms with Crippen LogP contribution in [0.15, 0.2) is 47.5 Å². The van der Waals surface area contributed by atoms with E-state index in [1.54, 1.807) is 43.3 Å². The van der Waals surface area contributed by atoms with Crippen molar-refractivity contribution in [3.8, 4) is 17.6 Å². The van der Waals surface area contributed by atoms with Crippen LogP contribution in [0.2, 0.25) is 0 Å². The Balaban J connectivity index is 1.96. The van der Waals surface area contributed by atoms with Crippen LogP contribution in [0.3, 0.4) is 0 Å². The first-order valence-electron chi connectivity index (χ1n) is 11.8. The number of rotatable bonds is 6. The van der Waals surface area contributed by atoms with Crippen LogP contribution in [0, 0.1) is 17.8 Å². The molecule has 2 heterocycles. The summed E-state index contributed by atoms with van der Waals surface area (Å²) in [6, 6.07) is 9.25. The molecule has 36 heavy (non-hydrogen) atoms. The maximum absolute atomic E-state index is 13.5. The monoisotopic (exact) mass is 515 g/mol. The molecule has 2 aromatic rings. The number of sulfonamides is 1. The number of ether oxygens (including phenoxy) is 1. The highest BCUT2D eigenvalue weighted by Crippen LogP contribution is 2.34. The molecule has 9 nitrogen and oxygen atoms in total. The number of fused-ring (bicyclic) bond motifs is 1. The average Bonchev–Trinajstić information content (AvgIpc) is 2.84. The van der Waals surface area contributed by atoms with Gasteiger partial charge in [-0.1, -0.05) is 24.8 Å². The van der Waals surface area contributed by atoms with Crippen molar-refractivity contribution in [3.05, 3.63) is 53.9 Å². The van der Waals surface area contributed by atoms with Gasteiger partial charge in [0.2, 0.25) is 15.9 Å². The van der Waals surface area contributed by atoms with E-state index in [2.05, 4.69) is 16.8 Å². The van der Waals surface area contributed by atoms with Gasteiger partial charge in [-0.2, -0.15) is 4.31 Å². The van der Waals surface area contributed by atoms with Gasteiger partial charge in [0.05, 0.1) is 19.6 Å². The summed E-state index contributed by atoms with van der Waals surface area (Å²) in [7, 11) is -2.30. The summed E-state index contributed by atoms with van der Waals surface area (Å²) in [5.74, 6) is 5.12. The van der Waals surface area contributed by atoms with Crippen molar-refractivity contribution in [2.24, 2.45) is 5.92 Å². The number of aliphatic hydroxyl groups excluding tert-OH is 2. The first kappa shape index (κ1) is 27.6. The molecule has 1 amide bonds. The number of carbonyl (C=O) groups is 1. The Labute approximate surface area is 212 Å². The molecule has 0 unspecified atom stereocenters. The molecule has 194 valence electrons. The Morgan fingerprint density at radius 3 is 2.69 bits per heavy atom. The number of amides is 1. The van der Waals surface area contributed by atoms with Crippen LogP contribution in [0.5, 0.6) is 5.75 Å². The molecule has 2 N–H and O–H groups in total. The summed E-state index contributed by atoms with van der Waals surface area (Å²) in [5, 5.41) is 19.3. The quantitative estimate of drug-likeness (QED) is 0.556. The zero-order chi connectivity index (χ0) is 26.5. The second kappa shape index (κ2) is 11.8. The summed E-state index contributed by atoms with van der Waals surface area (Å²) in [6.07, 6.45) is 0.389. The molecule has 1 aromatic heterocycles. The molecule has 10 heteroatoms. The molecule has 1 aromatic carbocycles. The molecule has 0 bridgehead atoms. The van der Waals surface area contributed by atoms with Crippen molar-refractivity contribution in [2.45, 2.75) is 50.3 Å². The smallest absolute Gasteiger partial charge is 0.247 e. The van der Waals surface area contributed by atoms with E-state index >= 15 is 0 Å². The van der Waals surface area contributed by atoms with Crippen molar-refractivity contribution in [2.75, 3.05) is 26.7 Å². The lowest BCUT2D eigenvalue weighted by Gasteiger charge is -2.37. The molecule has 4 atom stereocenters. The van der Waals surface area contributed by atoms with Gasteiger partial charge in [0.25, 0.3) is 0 Å². The fourth-order valence-electron chi connectivity index (χ4n) is 3.87. The molecule has 1 aliphatic rings. The molecule has 0 saturated carbocycles. The van der Waals surface area contributed by atoms with E-state index in [-0.39, 0.29) is 48.6 Å². The highest BCUT2D eigenvalue weighted by Gasteiger charge is 2.38. The topological polar surface area (TPSA) is 120 Å². The number of hydrogen-bond donors (Lipinski definition) is 2. The van der Waals surface area contributed by atoms with Crippen molar-refractivity contribution in [1.29, 1.82) is 0 Å². The van der Waals surface area contributed by atoms with Gasteiger partial charge in [-0.3, -0.25) is 9.78 Å². The molecule has 0 fully saturated rings. The van der Waals surface area contributed by atoms with Crippen LogP contribution in [0.4, 0.5) is 0 Å². The van der Waals surface area contributed by atoms with Gasteiger partial charge in [-0.15, -0.1) is 0 Å². The van der Waals surface area contributed by atoms with Gasteiger partial charge in [-0.25, -0.2) is 8.42 Å². The van der Waals surface area contributed by atoms with Crippen LogP contribution in [-0.4, -0.2) is 83.7 Å². The van der Waals surface area contributed by atoms with Gasteiger partial charge >= 0.3 is 0 Å². The van der Waals surface area contributed by atoms with Crippen molar-refractivity contribution < 1.29 is 28.2 Å². The first-order valence-corrected chi connectivity index (χ1v) is 13.2. The Morgan fingerprint density at radius 1 is 1.31 bits per heavy atom. The van der Waals surface area contributed by atoms with Crippen molar-refractivity contribution >= 4 is 15.9 Å². The molecule has 0 saturated heterocycles. The van der Waals surface area contributed by atoms with E-state index in [4.69, 9.17) is 4.74 Å². The molecular formula is C26H33N3O6S. The highest BCUT2D eigenvalue weighted by molar-refractivity contribution is 7.89. The van der Waals surface area contributed by atoms with E-state index in [0.29, 0.717) is 11.3 Å². The SMILES string of the molecule is C[C@@H]1CN([C@H](C)CO)S(=O)(=O)c2ccc(C#C[C@@H](C)O)cc2O[C@H]1CN(C)C(=O)Cc1ccccn1. The highest BCUT2D eigenvalue weighted by atomic mass is 32.2. The van der Waals surface area contributed by atoms with Gasteiger partial charge in [0.1, 0.15) is 22.9 Å². The number of pyridine rings is 1. The van der Waals surface area contributed by atoms with E-state index in [1.807, 2.05) is 13.0 Å². The Kier molecular flexibility index (Phi) is 9.08. The van der Waals surface area contributed by atoms with Crippen LogP contribution in [-0.2, 0) is 21.2 Å². The lowest BCUT2D eigenvalue weighted by atomic mass is 10.0. The first-order chi connectivity index (χ1) is 17.0. The van der Waals surface area contributed by atoms with Crippen LogP contribution < -0.4 is 4.74 Å². The van der Waals surface area contributed by atoms with Crippen molar-refractivity contribution in [3.63, 3.8) is 0 Å². The van der Waals surface area contributed by atoms with E-state index < -0.39 is 28.3 Å². The Hall–Kier alpha value is -2.97. The number of nitrogens with zero attached hydrogens (tertiary/aromatic N) is 3. The second-order valence-corrected chi connectivity index (χ2v) is 11.0. The van der Waals surface area contributed by atoms with Crippen LogP contribution in [0.1, 0.15) is 32.0 Å². The summed E-state index contributed by atoms with van der Waals surface area (Å²) in [4.78, 5) is 18.6. The fraction of sp³-hybridized carbons (Fsp3) is 0.462. The minimum atomic E-state index is -3.98. The second-order valence-electron chi connectivity index (χ2n) is 9.12. The number of aliphatic hydroxyl groups is 2. The van der Waals surface area contributed by atoms with Crippen LogP contribution >= 0.6 is 0 Å². The molecule has 0 spiro atoms. The predicted molar refractivity (Wildman–Crippen MR) is 135 cm³/mol. The summed E-state index contributed by atoms with van der Waals surface area (Å²) >= 11 is 0. The minimum absolute atomic E-state index is 0.0373. The summed E-state index contributed by atoms with van der Waals surface area (Å²) < 4.78 is 34.6. The Morgan fingerprint density at radius 2 is 2.06 bits per heavy atom. The van der Waals surface area contributed by atoms with Gasteiger partial charge in [0.15, 0.2) is 0 Å². The molecule has 1 aliphatic heterocycles. The average molecular weight is 516 g/mol. The van der Waals surface area contributed by atoms with Crippen LogP contribution in [0.25, 0.3) is 0 Å². The zero-order valence-electron chi connectivity index (χ0n) is 21.0. The number of hydrogen-bond acceptors (Lipinski definition) is 7. The normalized spacial score (nSPS) is 20.9. The maximum Gasteiger partial charge on any atom is 0.247 e. The number of benzene rings is 1. The minimum Gasteiger partial charge on any atom is -0.487 e. The Bertz CT molecular complexity index is 1220. The lowest BCUT2D eigenvalue weighted by Crippen LogP contribution is -2.50. The zero-order valence-corrected chi connectivity index (χ0v) is 21.8. The van der Waals surface area contributed by atoms with E-state index in [9.17, 15) is 23.4 Å². The van der Waals surface area contributed by atoms with Crippen molar-refractivity contribution in [1.82, 2.24) is 14.2 Å². The number of aromatic nitrogens is 1. The molecular weight excluding hydrogens is 482 g/mol. The largest absolute Gasteiger partial charge is 0.487 e. The standard InChI is InChI=1S/C26H33N3O6S/c1-18-15-29(19(2)17-30)36(33,34)25-11-10-21(9-8-20(3)31)13-23(25)35-24(18)16-28(4)26(32)14-22-7-5-6-12-27-22/h5-7,10-13,18-20,24,30-31H,14-17H2,1-4H3/t18-,19-,20-,24+/m1/s1. The molecule has 3 rings (SSSR count). The number of carbonyl (C=O) groups excluding carboxylic acids is 1. The van der Waals surface area contributed by atoms with Gasteiger partial charge in [-0.05, 0) is 44.2 Å².